The largest absolute Gasteiger partial charge is 0.371 e. The summed E-state index contributed by atoms with van der Waals surface area (Å²) in [5, 5.41) is 2.46. The van der Waals surface area contributed by atoms with Gasteiger partial charge in [-0.1, -0.05) is 0 Å². The number of nitrogens with zero attached hydrogens (tertiary/aromatic N) is 2. The molecule has 6 nitrogen and oxygen atoms in total. The van der Waals surface area contributed by atoms with Crippen molar-refractivity contribution >= 4 is 22.6 Å². The highest BCUT2D eigenvalue weighted by atomic mass is 19.3. The van der Waals surface area contributed by atoms with E-state index >= 15 is 0 Å². The van der Waals surface area contributed by atoms with Gasteiger partial charge in [0.05, 0.1) is 11.0 Å². The van der Waals surface area contributed by atoms with Crippen LogP contribution in [-0.4, -0.2) is 34.5 Å². The molecule has 1 aliphatic carbocycles. The molecule has 1 saturated carbocycles. The van der Waals surface area contributed by atoms with Crippen LogP contribution in [0.3, 0.4) is 0 Å². The molecular formula is C21H20F4N4O2. The van der Waals surface area contributed by atoms with Crippen LogP contribution in [-0.2, 0) is 13.6 Å². The lowest BCUT2D eigenvalue weighted by molar-refractivity contribution is -0.0849. The second kappa shape index (κ2) is 7.44. The number of aromatic nitrogens is 2. The number of amides is 1. The van der Waals surface area contributed by atoms with Crippen molar-refractivity contribution in [2.24, 2.45) is 7.05 Å². The van der Waals surface area contributed by atoms with Crippen molar-refractivity contribution in [2.75, 3.05) is 11.9 Å². The van der Waals surface area contributed by atoms with Crippen molar-refractivity contribution in [3.05, 3.63) is 63.6 Å². The van der Waals surface area contributed by atoms with Crippen LogP contribution in [0.1, 0.15) is 28.8 Å². The maximum Gasteiger partial charge on any atom is 0.326 e. The average Bonchev–Trinajstić information content (AvgIpc) is 2.97. The standard InChI is InChI=1S/C21H20F4N4O2/c1-28(13-8-21(24,25)9-13)12-6-15(22)14(16(23)7-12)10-26-19(30)11-3-4-18-17(5-11)27-20(31)29(18)2/h3-7,13H,8-10H2,1-2H3,(H,26,30)(H,27,31). The third-order valence-electron chi connectivity index (χ3n) is 5.74. The van der Waals surface area contributed by atoms with Crippen LogP contribution in [0.25, 0.3) is 11.0 Å². The molecule has 1 aromatic heterocycles. The Labute approximate surface area is 174 Å². The van der Waals surface area contributed by atoms with E-state index in [0.717, 1.165) is 12.1 Å². The van der Waals surface area contributed by atoms with E-state index in [1.54, 1.807) is 13.1 Å². The maximum atomic E-state index is 14.5. The number of alkyl halides is 2. The molecule has 0 bridgehead atoms. The van der Waals surface area contributed by atoms with Gasteiger partial charge in [0.25, 0.3) is 11.8 Å². The SMILES string of the molecule is CN(c1cc(F)c(CNC(=O)c2ccc3c(c2)[nH]c(=O)n3C)c(F)c1)C1CC(F)(F)C1. The number of H-pyrrole nitrogens is 1. The molecule has 0 saturated heterocycles. The molecule has 2 N–H and O–H groups in total. The van der Waals surface area contributed by atoms with Gasteiger partial charge in [0, 0.05) is 56.3 Å². The number of hydrogen-bond donors (Lipinski definition) is 2. The minimum absolute atomic E-state index is 0.157. The van der Waals surface area contributed by atoms with Crippen molar-refractivity contribution < 1.29 is 22.4 Å². The van der Waals surface area contributed by atoms with Crippen molar-refractivity contribution in [1.82, 2.24) is 14.9 Å². The molecule has 31 heavy (non-hydrogen) atoms. The molecule has 0 radical (unpaired) electrons. The molecule has 0 spiro atoms. The Morgan fingerprint density at radius 3 is 2.48 bits per heavy atom. The van der Waals surface area contributed by atoms with Gasteiger partial charge in [-0.15, -0.1) is 0 Å². The van der Waals surface area contributed by atoms with E-state index in [0.29, 0.717) is 11.0 Å². The van der Waals surface area contributed by atoms with Crippen LogP contribution in [0.4, 0.5) is 23.2 Å². The number of nitrogens with one attached hydrogen (secondary N) is 2. The zero-order chi connectivity index (χ0) is 22.5. The summed E-state index contributed by atoms with van der Waals surface area (Å²) in [4.78, 5) is 28.1. The van der Waals surface area contributed by atoms with Gasteiger partial charge >= 0.3 is 5.69 Å². The number of imidazole rings is 1. The minimum Gasteiger partial charge on any atom is -0.371 e. The van der Waals surface area contributed by atoms with Gasteiger partial charge < -0.3 is 15.2 Å². The number of carbonyl (C=O) groups excluding carboxylic acids is 1. The Morgan fingerprint density at radius 1 is 1.23 bits per heavy atom. The molecule has 0 aliphatic heterocycles. The summed E-state index contributed by atoms with van der Waals surface area (Å²) in [6, 6.07) is 6.23. The first-order valence-corrected chi connectivity index (χ1v) is 9.61. The molecule has 1 heterocycles. The van der Waals surface area contributed by atoms with Gasteiger partial charge in [-0.3, -0.25) is 9.36 Å². The summed E-state index contributed by atoms with van der Waals surface area (Å²) in [6.45, 7) is -0.397. The van der Waals surface area contributed by atoms with E-state index < -0.39 is 36.1 Å². The smallest absolute Gasteiger partial charge is 0.326 e. The first kappa shape index (κ1) is 21.0. The monoisotopic (exact) mass is 436 g/mol. The summed E-state index contributed by atoms with van der Waals surface area (Å²) < 4.78 is 56.6. The Balaban J connectivity index is 1.47. The number of rotatable bonds is 5. The summed E-state index contributed by atoms with van der Waals surface area (Å²) in [6.07, 6.45) is -0.719. The normalized spacial score (nSPS) is 15.7. The molecule has 3 aromatic rings. The first-order valence-electron chi connectivity index (χ1n) is 9.61. The number of hydrogen-bond acceptors (Lipinski definition) is 3. The Hall–Kier alpha value is -3.30. The zero-order valence-corrected chi connectivity index (χ0v) is 16.8. The highest BCUT2D eigenvalue weighted by Gasteiger charge is 2.47. The van der Waals surface area contributed by atoms with Gasteiger partial charge in [0.1, 0.15) is 11.6 Å². The lowest BCUT2D eigenvalue weighted by Gasteiger charge is -2.42. The van der Waals surface area contributed by atoms with E-state index in [2.05, 4.69) is 10.3 Å². The minimum atomic E-state index is -2.74. The van der Waals surface area contributed by atoms with Crippen molar-refractivity contribution in [3.63, 3.8) is 0 Å². The number of carbonyl (C=O) groups is 1. The fraction of sp³-hybridized carbons (Fsp3) is 0.333. The Morgan fingerprint density at radius 2 is 1.87 bits per heavy atom. The van der Waals surface area contributed by atoms with Gasteiger partial charge in [0.2, 0.25) is 0 Å². The van der Waals surface area contributed by atoms with E-state index in [1.165, 1.54) is 28.6 Å². The molecule has 1 aliphatic rings. The van der Waals surface area contributed by atoms with E-state index in [1.807, 2.05) is 0 Å². The van der Waals surface area contributed by atoms with Crippen LogP contribution in [0, 0.1) is 11.6 Å². The Kier molecular flexibility index (Phi) is 5.03. The van der Waals surface area contributed by atoms with Crippen LogP contribution >= 0.6 is 0 Å². The fourth-order valence-electron chi connectivity index (χ4n) is 3.73. The molecule has 4 rings (SSSR count). The molecule has 1 amide bonds. The van der Waals surface area contributed by atoms with Crippen molar-refractivity contribution in [3.8, 4) is 0 Å². The number of halogens is 4. The third kappa shape index (κ3) is 3.89. The number of anilines is 1. The molecular weight excluding hydrogens is 416 g/mol. The number of benzene rings is 2. The highest BCUT2D eigenvalue weighted by molar-refractivity contribution is 5.97. The van der Waals surface area contributed by atoms with E-state index in [-0.39, 0.29) is 35.3 Å². The molecule has 0 unspecified atom stereocenters. The van der Waals surface area contributed by atoms with E-state index in [9.17, 15) is 27.2 Å². The quantitative estimate of drug-likeness (QED) is 0.603. The first-order chi connectivity index (χ1) is 14.6. The second-order valence-corrected chi connectivity index (χ2v) is 7.82. The third-order valence-corrected chi connectivity index (χ3v) is 5.74. The topological polar surface area (TPSA) is 70.1 Å². The van der Waals surface area contributed by atoms with Crippen LogP contribution in [0.2, 0.25) is 0 Å². The maximum absolute atomic E-state index is 14.5. The van der Waals surface area contributed by atoms with Gasteiger partial charge in [-0.25, -0.2) is 22.4 Å². The predicted octanol–water partition coefficient (Wildman–Crippen LogP) is 3.31. The predicted molar refractivity (Wildman–Crippen MR) is 107 cm³/mol. The van der Waals surface area contributed by atoms with E-state index in [4.69, 9.17) is 0 Å². The summed E-state index contributed by atoms with van der Waals surface area (Å²) in [5.41, 5.74) is 0.793. The van der Waals surface area contributed by atoms with Gasteiger partial charge in [-0.2, -0.15) is 0 Å². The molecule has 164 valence electrons. The summed E-state index contributed by atoms with van der Waals surface area (Å²) in [7, 11) is 3.10. The Bertz CT molecular complexity index is 1200. The lowest BCUT2D eigenvalue weighted by atomic mass is 9.87. The van der Waals surface area contributed by atoms with Gasteiger partial charge in [0.15, 0.2) is 0 Å². The lowest BCUT2D eigenvalue weighted by Crippen LogP contribution is -2.49. The number of aryl methyl sites for hydroxylation is 1. The average molecular weight is 436 g/mol. The second-order valence-electron chi connectivity index (χ2n) is 7.82. The fourth-order valence-corrected chi connectivity index (χ4v) is 3.73. The van der Waals surface area contributed by atoms with Crippen molar-refractivity contribution in [1.29, 1.82) is 0 Å². The van der Waals surface area contributed by atoms with Crippen LogP contribution in [0.15, 0.2) is 35.1 Å². The molecule has 10 heteroatoms. The molecule has 1 fully saturated rings. The van der Waals surface area contributed by atoms with Crippen molar-refractivity contribution in [2.45, 2.75) is 31.4 Å². The highest BCUT2D eigenvalue weighted by Crippen LogP contribution is 2.41. The molecule has 2 aromatic carbocycles. The number of aromatic amines is 1. The summed E-state index contributed by atoms with van der Waals surface area (Å²) >= 11 is 0. The zero-order valence-electron chi connectivity index (χ0n) is 16.8. The summed E-state index contributed by atoms with van der Waals surface area (Å²) in [5.74, 6) is -5.06. The number of fused-ring (bicyclic) bond motifs is 1. The van der Waals surface area contributed by atoms with Gasteiger partial charge in [-0.05, 0) is 30.3 Å². The molecule has 0 atom stereocenters. The van der Waals surface area contributed by atoms with Crippen LogP contribution < -0.4 is 15.9 Å². The van der Waals surface area contributed by atoms with Crippen LogP contribution in [0.5, 0.6) is 0 Å².